The lowest BCUT2D eigenvalue weighted by Crippen LogP contribution is -2.51. The second kappa shape index (κ2) is 10.1. The summed E-state index contributed by atoms with van der Waals surface area (Å²) in [6.07, 6.45) is 7.81. The fraction of sp³-hybridized carbons (Fsp3) is 0.457. The van der Waals surface area contributed by atoms with Crippen LogP contribution in [0.5, 0.6) is 11.8 Å². The number of pyridine rings is 1. The summed E-state index contributed by atoms with van der Waals surface area (Å²) in [6, 6.07) is 5.56. The van der Waals surface area contributed by atoms with Crippen molar-refractivity contribution in [3.63, 3.8) is 0 Å². The third-order valence-electron chi connectivity index (χ3n) is 11.1. The lowest BCUT2D eigenvalue weighted by Gasteiger charge is -2.34. The Labute approximate surface area is 272 Å². The van der Waals surface area contributed by atoms with Gasteiger partial charge in [-0.05, 0) is 42.8 Å². The van der Waals surface area contributed by atoms with Gasteiger partial charge in [0.1, 0.15) is 41.4 Å². The number of nitrogens with one attached hydrogen (secondary N) is 1. The van der Waals surface area contributed by atoms with Gasteiger partial charge in [-0.3, -0.25) is 9.88 Å². The number of nitrogens with zero attached hydrogens (tertiary/aromatic N) is 5. The first-order chi connectivity index (χ1) is 23.0. The van der Waals surface area contributed by atoms with Gasteiger partial charge < -0.3 is 20.1 Å². The lowest BCUT2D eigenvalue weighted by molar-refractivity contribution is 0.0634. The number of phenols is 1. The molecule has 4 aliphatic heterocycles. The molecule has 4 saturated heterocycles. The Kier molecular flexibility index (Phi) is 6.29. The Morgan fingerprint density at radius 1 is 1.08 bits per heavy atom. The van der Waals surface area contributed by atoms with Gasteiger partial charge in [-0.15, -0.1) is 6.42 Å². The van der Waals surface area contributed by atoms with Gasteiger partial charge in [-0.2, -0.15) is 9.97 Å². The van der Waals surface area contributed by atoms with Crippen molar-refractivity contribution in [2.75, 3.05) is 37.7 Å². The van der Waals surface area contributed by atoms with Crippen molar-refractivity contribution in [1.82, 2.24) is 25.2 Å². The number of terminal acetylenes is 1. The van der Waals surface area contributed by atoms with Crippen molar-refractivity contribution >= 4 is 27.5 Å². The summed E-state index contributed by atoms with van der Waals surface area (Å²) in [5.74, 6) is -1.79. The van der Waals surface area contributed by atoms with E-state index in [0.29, 0.717) is 29.7 Å². The summed E-state index contributed by atoms with van der Waals surface area (Å²) in [7, 11) is 0. The molecule has 4 aromatic rings. The molecule has 6 heterocycles. The van der Waals surface area contributed by atoms with Gasteiger partial charge in [0.25, 0.3) is 5.92 Å². The number of piperazine rings is 1. The van der Waals surface area contributed by atoms with Crippen LogP contribution in [0.4, 0.5) is 27.8 Å². The summed E-state index contributed by atoms with van der Waals surface area (Å²) in [6.45, 7) is 1.22. The molecule has 0 radical (unpaired) electrons. The molecule has 0 amide bonds. The molecule has 5 atom stereocenters. The SMILES string of the molecule is C#Cc1c(F)ccc2cc(O)cc(-c3ncc4c(N5C[C@H]6CC[C@@H](C5)N6)nc(OC[C@@]56C[C@H](F)CN5C[C@]5(CC5(F)F)C6)nc4c3F)c12. The number of phenolic OH excluding ortho intramolecular Hbond substituents is 1. The van der Waals surface area contributed by atoms with Crippen LogP contribution in [0.15, 0.2) is 30.5 Å². The molecule has 5 fully saturated rings. The Hall–Kier alpha value is -4.28. The third-order valence-corrected chi connectivity index (χ3v) is 11.1. The van der Waals surface area contributed by atoms with Gasteiger partial charge in [0.15, 0.2) is 5.82 Å². The second-order valence-corrected chi connectivity index (χ2v) is 14.2. The summed E-state index contributed by atoms with van der Waals surface area (Å²) < 4.78 is 81.5. The molecule has 5 aliphatic rings. The first-order valence-corrected chi connectivity index (χ1v) is 16.2. The van der Waals surface area contributed by atoms with E-state index >= 15 is 4.39 Å². The largest absolute Gasteiger partial charge is 0.508 e. The quantitative estimate of drug-likeness (QED) is 0.219. The number of rotatable bonds is 5. The number of hydrogen-bond acceptors (Lipinski definition) is 8. The van der Waals surface area contributed by atoms with E-state index in [2.05, 4.69) is 21.2 Å². The number of benzene rings is 2. The fourth-order valence-corrected chi connectivity index (χ4v) is 8.89. The highest BCUT2D eigenvalue weighted by Crippen LogP contribution is 2.69. The van der Waals surface area contributed by atoms with Crippen LogP contribution in [-0.2, 0) is 0 Å². The van der Waals surface area contributed by atoms with Crippen molar-refractivity contribution < 1.29 is 31.8 Å². The minimum Gasteiger partial charge on any atom is -0.508 e. The zero-order chi connectivity index (χ0) is 33.2. The van der Waals surface area contributed by atoms with Crippen LogP contribution < -0.4 is 15.0 Å². The summed E-state index contributed by atoms with van der Waals surface area (Å²) in [5.41, 5.74) is -2.49. The highest BCUT2D eigenvalue weighted by molar-refractivity contribution is 6.03. The number of ether oxygens (including phenoxy) is 1. The minimum atomic E-state index is -2.80. The van der Waals surface area contributed by atoms with E-state index in [1.165, 1.54) is 30.5 Å². The molecule has 13 heteroatoms. The first-order valence-electron chi connectivity index (χ1n) is 16.2. The average Bonchev–Trinajstić information content (AvgIpc) is 3.30. The number of alkyl halides is 3. The van der Waals surface area contributed by atoms with E-state index in [1.807, 2.05) is 4.90 Å². The van der Waals surface area contributed by atoms with Crippen LogP contribution in [0.3, 0.4) is 0 Å². The van der Waals surface area contributed by atoms with E-state index < -0.39 is 34.7 Å². The standard InChI is InChI=1S/C35H31F5N6O2/c1-2-23-26(37)6-3-18-7-22(47)8-24(27(18)23)29-28(38)30-25(10-41-29)31(45-12-20-4-5-21(13-45)42-20)44-32(43-30)48-17-34-9-19(36)11-46(34)16-33(14-34)15-35(33,39)40/h1,3,6-8,10,19-21,42,47H,4-5,9,11-17H2/t19-,20-,21+,33+,34-/m0/s1. The van der Waals surface area contributed by atoms with Crippen molar-refractivity contribution in [1.29, 1.82) is 0 Å². The van der Waals surface area contributed by atoms with Gasteiger partial charge in [-0.1, -0.05) is 12.0 Å². The number of fused-ring (bicyclic) bond motifs is 5. The molecule has 9 rings (SSSR count). The average molecular weight is 663 g/mol. The summed E-state index contributed by atoms with van der Waals surface area (Å²) >= 11 is 0. The third kappa shape index (κ3) is 4.38. The molecule has 248 valence electrons. The van der Waals surface area contributed by atoms with Crippen LogP contribution in [0.25, 0.3) is 32.9 Å². The molecule has 2 bridgehead atoms. The predicted molar refractivity (Wildman–Crippen MR) is 168 cm³/mol. The molecule has 0 unspecified atom stereocenters. The normalized spacial score (nSPS) is 30.3. The van der Waals surface area contributed by atoms with Gasteiger partial charge in [-0.25, -0.2) is 22.0 Å². The number of hydrogen-bond donors (Lipinski definition) is 2. The molecule has 1 spiro atoms. The Bertz CT molecular complexity index is 2060. The Morgan fingerprint density at radius 3 is 2.58 bits per heavy atom. The smallest absolute Gasteiger partial charge is 0.319 e. The van der Waals surface area contributed by atoms with Crippen LogP contribution >= 0.6 is 0 Å². The molecule has 2 aromatic carbocycles. The highest BCUT2D eigenvalue weighted by atomic mass is 19.3. The molecule has 1 saturated carbocycles. The van der Waals surface area contributed by atoms with Gasteiger partial charge in [0.2, 0.25) is 0 Å². The van der Waals surface area contributed by atoms with Gasteiger partial charge >= 0.3 is 6.01 Å². The summed E-state index contributed by atoms with van der Waals surface area (Å²) in [5, 5.41) is 15.0. The molecule has 2 aromatic heterocycles. The summed E-state index contributed by atoms with van der Waals surface area (Å²) in [4.78, 5) is 17.5. The van der Waals surface area contributed by atoms with Crippen LogP contribution in [-0.4, -0.2) is 87.5 Å². The maximum Gasteiger partial charge on any atom is 0.319 e. The zero-order valence-corrected chi connectivity index (χ0v) is 25.7. The monoisotopic (exact) mass is 662 g/mol. The molecule has 1 aliphatic carbocycles. The van der Waals surface area contributed by atoms with Crippen molar-refractivity contribution in [3.8, 4) is 35.4 Å². The van der Waals surface area contributed by atoms with E-state index in [0.717, 1.165) is 12.8 Å². The van der Waals surface area contributed by atoms with Crippen LogP contribution in [0.1, 0.15) is 37.7 Å². The Balaban J connectivity index is 1.16. The lowest BCUT2D eigenvalue weighted by atomic mass is 9.88. The molecule has 8 nitrogen and oxygen atoms in total. The van der Waals surface area contributed by atoms with Crippen LogP contribution in [0.2, 0.25) is 0 Å². The fourth-order valence-electron chi connectivity index (χ4n) is 8.89. The van der Waals surface area contributed by atoms with Gasteiger partial charge in [0, 0.05) is 68.3 Å². The number of aromatic nitrogens is 3. The number of anilines is 1. The van der Waals surface area contributed by atoms with Crippen molar-refractivity contribution in [2.24, 2.45) is 5.41 Å². The van der Waals surface area contributed by atoms with E-state index in [1.54, 1.807) is 4.90 Å². The Morgan fingerprint density at radius 2 is 1.85 bits per heavy atom. The first kappa shape index (κ1) is 29.8. The molecule has 48 heavy (non-hydrogen) atoms. The minimum absolute atomic E-state index is 0.0491. The highest BCUT2D eigenvalue weighted by Gasteiger charge is 2.77. The molecular formula is C35H31F5N6O2. The molecular weight excluding hydrogens is 631 g/mol. The zero-order valence-electron chi connectivity index (χ0n) is 25.7. The maximum atomic E-state index is 16.8. The maximum absolute atomic E-state index is 16.8. The van der Waals surface area contributed by atoms with Crippen molar-refractivity contribution in [2.45, 2.75) is 61.8 Å². The topological polar surface area (TPSA) is 86.6 Å². The van der Waals surface area contributed by atoms with Crippen molar-refractivity contribution in [3.05, 3.63) is 47.7 Å². The second-order valence-electron chi connectivity index (χ2n) is 14.2. The number of halogens is 5. The number of aromatic hydroxyl groups is 1. The van der Waals surface area contributed by atoms with E-state index in [4.69, 9.17) is 16.1 Å². The molecule has 2 N–H and O–H groups in total. The van der Waals surface area contributed by atoms with E-state index in [9.17, 15) is 22.7 Å². The van der Waals surface area contributed by atoms with Crippen LogP contribution in [0, 0.1) is 29.4 Å². The van der Waals surface area contributed by atoms with Gasteiger partial charge in [0.05, 0.1) is 21.9 Å². The predicted octanol–water partition coefficient (Wildman–Crippen LogP) is 5.34. The van der Waals surface area contributed by atoms with E-state index in [-0.39, 0.29) is 90.5 Å².